The molecule has 0 aliphatic heterocycles. The molecule has 0 unspecified atom stereocenters. The Bertz CT molecular complexity index is 1850. The van der Waals surface area contributed by atoms with Crippen molar-refractivity contribution in [2.24, 2.45) is 10.8 Å². The van der Waals surface area contributed by atoms with Crippen molar-refractivity contribution >= 4 is 38.1 Å². The average Bonchev–Trinajstić information content (AvgIpc) is 3.03. The zero-order valence-electron chi connectivity index (χ0n) is 27.8. The van der Waals surface area contributed by atoms with Gasteiger partial charge < -0.3 is 5.11 Å². The molecule has 4 aromatic carbocycles. The first kappa shape index (κ1) is 36.1. The largest absolute Gasteiger partial charge is 0.512 e. The van der Waals surface area contributed by atoms with Gasteiger partial charge >= 0.3 is 0 Å². The van der Waals surface area contributed by atoms with E-state index in [0.29, 0.717) is 11.3 Å². The van der Waals surface area contributed by atoms with Crippen LogP contribution in [0.1, 0.15) is 78.4 Å². The van der Waals surface area contributed by atoms with Crippen molar-refractivity contribution in [3.63, 3.8) is 0 Å². The summed E-state index contributed by atoms with van der Waals surface area (Å²) in [7, 11) is 0. The number of aliphatic hydroxyl groups is 1. The van der Waals surface area contributed by atoms with Crippen molar-refractivity contribution in [1.29, 1.82) is 0 Å². The van der Waals surface area contributed by atoms with Gasteiger partial charge in [-0.1, -0.05) is 113 Å². The number of benzene rings is 4. The molecule has 5 heteroatoms. The van der Waals surface area contributed by atoms with Gasteiger partial charge in [0.25, 0.3) is 0 Å². The predicted octanol–water partition coefficient (Wildman–Crippen LogP) is 11.4. The Labute approximate surface area is 281 Å². The molecule has 0 fully saturated rings. The Kier molecular flexibility index (Phi) is 11.9. The summed E-state index contributed by atoms with van der Waals surface area (Å²) in [4.78, 5) is 16.8. The molecule has 0 amide bonds. The van der Waals surface area contributed by atoms with Crippen LogP contribution in [-0.4, -0.2) is 15.9 Å². The normalized spacial score (nSPS) is 12.2. The Morgan fingerprint density at radius 3 is 2.13 bits per heavy atom. The third kappa shape index (κ3) is 7.37. The van der Waals surface area contributed by atoms with Crippen LogP contribution in [0.4, 0.5) is 4.39 Å². The van der Waals surface area contributed by atoms with Gasteiger partial charge in [-0.2, -0.15) is 0 Å². The number of fused-ring (bicyclic) bond motifs is 4. The van der Waals surface area contributed by atoms with Crippen LogP contribution in [-0.2, 0) is 24.9 Å². The van der Waals surface area contributed by atoms with Gasteiger partial charge in [-0.3, -0.25) is 14.2 Å². The van der Waals surface area contributed by atoms with E-state index in [2.05, 4.69) is 55.2 Å². The van der Waals surface area contributed by atoms with Crippen LogP contribution in [0.25, 0.3) is 43.6 Å². The van der Waals surface area contributed by atoms with Crippen molar-refractivity contribution < 1.29 is 34.4 Å². The van der Waals surface area contributed by atoms with E-state index in [1.165, 1.54) is 22.4 Å². The molecule has 5 rings (SSSR count). The van der Waals surface area contributed by atoms with Crippen molar-refractivity contribution in [2.45, 2.75) is 81.1 Å². The van der Waals surface area contributed by atoms with Crippen LogP contribution in [0.2, 0.25) is 0 Å². The zero-order chi connectivity index (χ0) is 32.2. The average molecular weight is 783 g/mol. The molecule has 0 aliphatic carbocycles. The van der Waals surface area contributed by atoms with Crippen molar-refractivity contribution in [3.05, 3.63) is 102 Å². The maximum Gasteiger partial charge on any atom is 0.164 e. The van der Waals surface area contributed by atoms with Crippen LogP contribution in [0.3, 0.4) is 0 Å². The molecular weight excluding hydrogens is 738 g/mol. The number of carbonyl (C=O) groups is 1. The molecule has 1 N–H and O–H groups in total. The van der Waals surface area contributed by atoms with Crippen LogP contribution < -0.4 is 0 Å². The number of allylic oxidation sites excluding steroid dienone is 2. The van der Waals surface area contributed by atoms with E-state index in [1.54, 1.807) is 6.07 Å². The smallest absolute Gasteiger partial charge is 0.164 e. The van der Waals surface area contributed by atoms with Crippen molar-refractivity contribution in [3.8, 4) is 11.3 Å². The first-order valence-corrected chi connectivity index (χ1v) is 15.8. The molecule has 239 valence electrons. The standard InChI is InChI=1S/C25H17FN.C15H28O2.Ir/c1-15-7-9-20-19(11-15)8-10-21-24(20)16(2)14-27-25(21)22-12-17-5-3-4-6-18(17)13-23(22)26;1-7-14(5,8-2)12(16)11-13(17)15(6,9-3)10-4;/h3-11,13-14H,1-2H3;11,16H,7-10H2,1-6H3;/q-1;;/b;12-11-;. The monoisotopic (exact) mass is 783 g/mol. The number of rotatable bonds is 8. The molecule has 3 nitrogen and oxygen atoms in total. The minimum absolute atomic E-state index is 0. The van der Waals surface area contributed by atoms with Gasteiger partial charge in [0.15, 0.2) is 5.78 Å². The van der Waals surface area contributed by atoms with E-state index in [4.69, 9.17) is 0 Å². The SMILES string of the molecule is CCC(C)(CC)C(=O)/C=C(\O)C(C)(CC)CC.Cc1ccc2c(ccc3c(-c4[c-]c5ccccc5cc4F)ncc(C)c32)c1.[Ir]. The summed E-state index contributed by atoms with van der Waals surface area (Å²) in [6.45, 7) is 16.2. The van der Waals surface area contributed by atoms with Crippen LogP contribution in [0, 0.1) is 36.6 Å². The van der Waals surface area contributed by atoms with Gasteiger partial charge in [-0.25, -0.2) is 0 Å². The second kappa shape index (κ2) is 14.8. The fourth-order valence-electron chi connectivity index (χ4n) is 5.56. The summed E-state index contributed by atoms with van der Waals surface area (Å²) < 4.78 is 14.9. The summed E-state index contributed by atoms with van der Waals surface area (Å²) in [6, 6.07) is 23.1. The molecule has 0 aliphatic rings. The Morgan fingerprint density at radius 2 is 1.49 bits per heavy atom. The topological polar surface area (TPSA) is 50.2 Å². The van der Waals surface area contributed by atoms with E-state index in [-0.39, 0.29) is 48.3 Å². The predicted molar refractivity (Wildman–Crippen MR) is 184 cm³/mol. The first-order valence-electron chi connectivity index (χ1n) is 15.8. The molecule has 1 heterocycles. The van der Waals surface area contributed by atoms with Crippen LogP contribution >= 0.6 is 0 Å². The third-order valence-corrected chi connectivity index (χ3v) is 9.79. The fraction of sp³-hybridized carbons (Fsp3) is 0.350. The Balaban J connectivity index is 0.000000270. The minimum Gasteiger partial charge on any atom is -0.512 e. The number of pyridine rings is 1. The molecule has 1 radical (unpaired) electrons. The summed E-state index contributed by atoms with van der Waals surface area (Å²) in [6.07, 6.45) is 6.59. The van der Waals surface area contributed by atoms with Gasteiger partial charge in [-0.15, -0.1) is 17.5 Å². The number of nitrogens with zero attached hydrogens (tertiary/aromatic N) is 1. The number of halogens is 1. The van der Waals surface area contributed by atoms with Gasteiger partial charge in [0.05, 0.1) is 5.82 Å². The van der Waals surface area contributed by atoms with Gasteiger partial charge in [0, 0.05) is 48.9 Å². The number of hydrogen-bond acceptors (Lipinski definition) is 3. The molecule has 1 aromatic heterocycles. The molecular formula is C40H45FIrNO2-. The summed E-state index contributed by atoms with van der Waals surface area (Å²) in [5.74, 6) is -0.0101. The molecule has 0 atom stereocenters. The summed E-state index contributed by atoms with van der Waals surface area (Å²) in [5.41, 5.74) is 2.77. The van der Waals surface area contributed by atoms with E-state index >= 15 is 0 Å². The molecule has 0 bridgehead atoms. The molecule has 0 saturated heterocycles. The molecule has 0 spiro atoms. The summed E-state index contributed by atoms with van der Waals surface area (Å²) in [5, 5.41) is 16.3. The number of ketones is 1. The van der Waals surface area contributed by atoms with E-state index in [0.717, 1.165) is 52.8 Å². The van der Waals surface area contributed by atoms with E-state index < -0.39 is 0 Å². The van der Waals surface area contributed by atoms with Crippen molar-refractivity contribution in [1.82, 2.24) is 4.98 Å². The van der Waals surface area contributed by atoms with E-state index in [9.17, 15) is 14.3 Å². The number of carbonyl (C=O) groups excluding carboxylic acids is 1. The van der Waals surface area contributed by atoms with E-state index in [1.807, 2.05) is 72.0 Å². The van der Waals surface area contributed by atoms with Crippen molar-refractivity contribution in [2.75, 3.05) is 0 Å². The number of aromatic nitrogens is 1. The zero-order valence-corrected chi connectivity index (χ0v) is 30.2. The first-order chi connectivity index (χ1) is 20.9. The third-order valence-electron chi connectivity index (χ3n) is 9.79. The Hall–Kier alpha value is -3.40. The second-order valence-electron chi connectivity index (χ2n) is 12.5. The van der Waals surface area contributed by atoms with Gasteiger partial charge in [-0.05, 0) is 66.6 Å². The fourth-order valence-corrected chi connectivity index (χ4v) is 5.56. The molecule has 45 heavy (non-hydrogen) atoms. The van der Waals surface area contributed by atoms with Gasteiger partial charge in [0.2, 0.25) is 0 Å². The second-order valence-corrected chi connectivity index (χ2v) is 12.5. The minimum atomic E-state index is -0.337. The maximum absolute atomic E-state index is 14.9. The van der Waals surface area contributed by atoms with Crippen LogP contribution in [0.15, 0.2) is 78.7 Å². The Morgan fingerprint density at radius 1 is 0.867 bits per heavy atom. The molecule has 0 saturated carbocycles. The summed E-state index contributed by atoms with van der Waals surface area (Å²) >= 11 is 0. The quantitative estimate of drug-likeness (QED) is 0.0738. The molecule has 5 aromatic rings. The number of hydrogen-bond donors (Lipinski definition) is 1. The number of aryl methyl sites for hydroxylation is 2. The van der Waals surface area contributed by atoms with Crippen LogP contribution in [0.5, 0.6) is 0 Å². The number of aliphatic hydroxyl groups excluding tert-OH is 1. The van der Waals surface area contributed by atoms with Gasteiger partial charge in [0.1, 0.15) is 5.76 Å². The maximum atomic E-state index is 14.9.